The van der Waals surface area contributed by atoms with Gasteiger partial charge in [-0.05, 0) is 6.07 Å². The molecular formula is C13H17N3O2. The number of benzene rings is 1. The minimum Gasteiger partial charge on any atom is -0.491 e. The molecule has 2 aliphatic rings. The summed E-state index contributed by atoms with van der Waals surface area (Å²) in [4.78, 5) is 12.1. The first-order valence-electron chi connectivity index (χ1n) is 6.31. The number of carbonyl (C=O) groups excluding carboxylic acids is 1. The number of fused-ring (bicyclic) bond motifs is 1. The number of rotatable bonds is 2. The normalized spacial score (nSPS) is 26.2. The monoisotopic (exact) mass is 247 g/mol. The predicted molar refractivity (Wildman–Crippen MR) is 67.5 cm³/mol. The van der Waals surface area contributed by atoms with Gasteiger partial charge in [0.1, 0.15) is 12.4 Å². The molecule has 1 saturated heterocycles. The Bertz CT molecular complexity index is 444. The molecule has 1 aromatic rings. The number of carbonyl (C=O) groups is 1. The van der Waals surface area contributed by atoms with Crippen LogP contribution in [0.4, 0.5) is 0 Å². The SMILES string of the molecule is O=C(NC1COc2ccccc21)C1CNCCN1. The summed E-state index contributed by atoms with van der Waals surface area (Å²) in [5, 5.41) is 9.44. The highest BCUT2D eigenvalue weighted by Crippen LogP contribution is 2.31. The molecule has 0 aromatic heterocycles. The lowest BCUT2D eigenvalue weighted by molar-refractivity contribution is -0.124. The molecule has 0 bridgehead atoms. The smallest absolute Gasteiger partial charge is 0.239 e. The Labute approximate surface area is 106 Å². The molecule has 3 rings (SSSR count). The third-order valence-electron chi connectivity index (χ3n) is 3.37. The molecule has 2 heterocycles. The average Bonchev–Trinajstić information content (AvgIpc) is 2.83. The maximum absolute atomic E-state index is 12.1. The lowest BCUT2D eigenvalue weighted by Crippen LogP contribution is -2.56. The van der Waals surface area contributed by atoms with Crippen molar-refractivity contribution in [3.8, 4) is 5.75 Å². The second-order valence-corrected chi connectivity index (χ2v) is 4.62. The summed E-state index contributed by atoms with van der Waals surface area (Å²) in [5.41, 5.74) is 1.06. The van der Waals surface area contributed by atoms with E-state index in [1.54, 1.807) is 0 Å². The number of nitrogens with one attached hydrogen (secondary N) is 3. The van der Waals surface area contributed by atoms with E-state index in [-0.39, 0.29) is 18.0 Å². The van der Waals surface area contributed by atoms with Gasteiger partial charge in [0.05, 0.1) is 12.1 Å². The van der Waals surface area contributed by atoms with Crippen LogP contribution < -0.4 is 20.7 Å². The van der Waals surface area contributed by atoms with Crippen LogP contribution in [0.25, 0.3) is 0 Å². The average molecular weight is 247 g/mol. The van der Waals surface area contributed by atoms with Crippen molar-refractivity contribution in [3.63, 3.8) is 0 Å². The van der Waals surface area contributed by atoms with Crippen LogP contribution in [-0.4, -0.2) is 38.2 Å². The quantitative estimate of drug-likeness (QED) is 0.677. The van der Waals surface area contributed by atoms with Gasteiger partial charge in [-0.15, -0.1) is 0 Å². The molecule has 5 nitrogen and oxygen atoms in total. The largest absolute Gasteiger partial charge is 0.491 e. The molecule has 2 atom stereocenters. The van der Waals surface area contributed by atoms with Crippen LogP contribution in [-0.2, 0) is 4.79 Å². The maximum Gasteiger partial charge on any atom is 0.239 e. The number of ether oxygens (including phenoxy) is 1. The third kappa shape index (κ3) is 2.19. The molecule has 96 valence electrons. The van der Waals surface area contributed by atoms with Gasteiger partial charge in [-0.1, -0.05) is 18.2 Å². The topological polar surface area (TPSA) is 62.4 Å². The Morgan fingerprint density at radius 3 is 3.06 bits per heavy atom. The van der Waals surface area contributed by atoms with E-state index >= 15 is 0 Å². The number of hydrogen-bond acceptors (Lipinski definition) is 4. The van der Waals surface area contributed by atoms with Crippen molar-refractivity contribution in [2.24, 2.45) is 0 Å². The van der Waals surface area contributed by atoms with Crippen molar-refractivity contribution in [2.75, 3.05) is 26.2 Å². The highest BCUT2D eigenvalue weighted by Gasteiger charge is 2.28. The molecule has 1 amide bonds. The van der Waals surface area contributed by atoms with Gasteiger partial charge in [-0.25, -0.2) is 0 Å². The summed E-state index contributed by atoms with van der Waals surface area (Å²) in [6, 6.07) is 7.66. The van der Waals surface area contributed by atoms with E-state index in [1.165, 1.54) is 0 Å². The molecule has 1 fully saturated rings. The molecule has 18 heavy (non-hydrogen) atoms. The van der Waals surface area contributed by atoms with Gasteiger partial charge >= 0.3 is 0 Å². The Hall–Kier alpha value is -1.59. The highest BCUT2D eigenvalue weighted by atomic mass is 16.5. The van der Waals surface area contributed by atoms with Crippen molar-refractivity contribution in [2.45, 2.75) is 12.1 Å². The van der Waals surface area contributed by atoms with Gasteiger partial charge < -0.3 is 20.7 Å². The zero-order chi connectivity index (χ0) is 12.4. The summed E-state index contributed by atoms with van der Waals surface area (Å²) >= 11 is 0. The van der Waals surface area contributed by atoms with Crippen LogP contribution in [0.3, 0.4) is 0 Å². The molecule has 0 radical (unpaired) electrons. The minimum atomic E-state index is -0.147. The molecule has 0 spiro atoms. The van der Waals surface area contributed by atoms with Gasteiger partial charge in [0, 0.05) is 25.2 Å². The van der Waals surface area contributed by atoms with Crippen molar-refractivity contribution in [3.05, 3.63) is 29.8 Å². The van der Waals surface area contributed by atoms with Crippen LogP contribution in [0, 0.1) is 0 Å². The molecule has 1 aromatic carbocycles. The predicted octanol–water partition coefficient (Wildman–Crippen LogP) is -0.202. The van der Waals surface area contributed by atoms with E-state index in [2.05, 4.69) is 16.0 Å². The van der Waals surface area contributed by atoms with Gasteiger partial charge in [-0.2, -0.15) is 0 Å². The summed E-state index contributed by atoms with van der Waals surface area (Å²) in [7, 11) is 0. The third-order valence-corrected chi connectivity index (χ3v) is 3.37. The summed E-state index contributed by atoms with van der Waals surface area (Å²) in [6.07, 6.45) is 0. The Morgan fingerprint density at radius 2 is 2.22 bits per heavy atom. The van der Waals surface area contributed by atoms with Gasteiger partial charge in [0.2, 0.25) is 5.91 Å². The van der Waals surface area contributed by atoms with Crippen molar-refractivity contribution in [1.82, 2.24) is 16.0 Å². The molecular weight excluding hydrogens is 230 g/mol. The standard InChI is InChI=1S/C13H17N3O2/c17-13(10-7-14-5-6-15-10)16-11-8-18-12-4-2-1-3-9(11)12/h1-4,10-11,14-15H,5-8H2,(H,16,17). The Morgan fingerprint density at radius 1 is 1.33 bits per heavy atom. The molecule has 0 aliphatic carbocycles. The number of amides is 1. The number of piperazine rings is 1. The second-order valence-electron chi connectivity index (χ2n) is 4.62. The second kappa shape index (κ2) is 4.96. The Kier molecular flexibility index (Phi) is 3.17. The lowest BCUT2D eigenvalue weighted by atomic mass is 10.1. The summed E-state index contributed by atoms with van der Waals surface area (Å²) in [5.74, 6) is 0.907. The van der Waals surface area contributed by atoms with Crippen molar-refractivity contribution in [1.29, 1.82) is 0 Å². The molecule has 0 saturated carbocycles. The fourth-order valence-corrected chi connectivity index (χ4v) is 2.39. The zero-order valence-electron chi connectivity index (χ0n) is 10.1. The lowest BCUT2D eigenvalue weighted by Gasteiger charge is -2.25. The fourth-order valence-electron chi connectivity index (χ4n) is 2.39. The molecule has 2 aliphatic heterocycles. The number of hydrogen-bond donors (Lipinski definition) is 3. The summed E-state index contributed by atoms with van der Waals surface area (Å²) in [6.45, 7) is 2.95. The van der Waals surface area contributed by atoms with Gasteiger partial charge in [-0.3, -0.25) is 4.79 Å². The van der Waals surface area contributed by atoms with E-state index in [4.69, 9.17) is 4.74 Å². The highest BCUT2D eigenvalue weighted by molar-refractivity contribution is 5.82. The molecule has 3 N–H and O–H groups in total. The zero-order valence-corrected chi connectivity index (χ0v) is 10.1. The van der Waals surface area contributed by atoms with Crippen LogP contribution in [0.1, 0.15) is 11.6 Å². The first kappa shape index (κ1) is 11.5. The van der Waals surface area contributed by atoms with E-state index in [9.17, 15) is 4.79 Å². The van der Waals surface area contributed by atoms with E-state index in [0.717, 1.165) is 24.4 Å². The van der Waals surface area contributed by atoms with E-state index < -0.39 is 0 Å². The van der Waals surface area contributed by atoms with Crippen LogP contribution in [0.2, 0.25) is 0 Å². The number of para-hydroxylation sites is 1. The first-order valence-corrected chi connectivity index (χ1v) is 6.31. The molecule has 5 heteroatoms. The van der Waals surface area contributed by atoms with Crippen LogP contribution in [0.15, 0.2) is 24.3 Å². The molecule has 2 unspecified atom stereocenters. The van der Waals surface area contributed by atoms with Crippen molar-refractivity contribution >= 4 is 5.91 Å². The van der Waals surface area contributed by atoms with E-state index in [0.29, 0.717) is 13.2 Å². The summed E-state index contributed by atoms with van der Waals surface area (Å²) < 4.78 is 5.55. The van der Waals surface area contributed by atoms with Crippen LogP contribution >= 0.6 is 0 Å². The fraction of sp³-hybridized carbons (Fsp3) is 0.462. The first-order chi connectivity index (χ1) is 8.84. The minimum absolute atomic E-state index is 0.0302. The van der Waals surface area contributed by atoms with E-state index in [1.807, 2.05) is 24.3 Å². The van der Waals surface area contributed by atoms with Crippen LogP contribution in [0.5, 0.6) is 5.75 Å². The van der Waals surface area contributed by atoms with Gasteiger partial charge in [0.25, 0.3) is 0 Å². The Balaban J connectivity index is 1.65. The maximum atomic E-state index is 12.1. The van der Waals surface area contributed by atoms with Gasteiger partial charge in [0.15, 0.2) is 0 Å². The van der Waals surface area contributed by atoms with Crippen molar-refractivity contribution < 1.29 is 9.53 Å².